The molecule has 1 aromatic heterocycles. The van der Waals surface area contributed by atoms with Gasteiger partial charge in [-0.1, -0.05) is 49.2 Å². The number of carbonyl (C=O) groups is 1. The molecule has 4 rings (SSSR count). The van der Waals surface area contributed by atoms with Crippen molar-refractivity contribution in [2.45, 2.75) is 43.2 Å². The monoisotopic (exact) mass is 437 g/mol. The Morgan fingerprint density at radius 1 is 1.06 bits per heavy atom. The van der Waals surface area contributed by atoms with Crippen molar-refractivity contribution in [2.75, 3.05) is 11.1 Å². The van der Waals surface area contributed by atoms with Crippen LogP contribution in [0.15, 0.2) is 59.8 Å². The second-order valence-electron chi connectivity index (χ2n) is 7.49. The number of nitrogens with one attached hydrogen (secondary N) is 1. The Balaban J connectivity index is 1.48. The first-order chi connectivity index (χ1) is 15.1. The Kier molecular flexibility index (Phi) is 6.61. The Morgan fingerprint density at radius 3 is 2.45 bits per heavy atom. The van der Waals surface area contributed by atoms with Crippen molar-refractivity contribution in [1.82, 2.24) is 14.8 Å². The highest BCUT2D eigenvalue weighted by Crippen LogP contribution is 2.34. The van der Waals surface area contributed by atoms with Gasteiger partial charge in [0.25, 0.3) is 5.69 Å². The van der Waals surface area contributed by atoms with Crippen molar-refractivity contribution < 1.29 is 9.72 Å². The summed E-state index contributed by atoms with van der Waals surface area (Å²) in [5, 5.41) is 23.1. The minimum Gasteiger partial charge on any atom is -0.325 e. The number of rotatable bonds is 7. The Labute approximate surface area is 184 Å². The van der Waals surface area contributed by atoms with E-state index in [2.05, 4.69) is 20.1 Å². The van der Waals surface area contributed by atoms with Gasteiger partial charge < -0.3 is 5.32 Å². The number of para-hydroxylation sites is 1. The van der Waals surface area contributed by atoms with E-state index in [9.17, 15) is 14.9 Å². The zero-order chi connectivity index (χ0) is 21.6. The number of amides is 1. The third-order valence-corrected chi connectivity index (χ3v) is 6.27. The average molecular weight is 438 g/mol. The van der Waals surface area contributed by atoms with Gasteiger partial charge in [0.15, 0.2) is 5.16 Å². The van der Waals surface area contributed by atoms with E-state index >= 15 is 0 Å². The van der Waals surface area contributed by atoms with E-state index in [1.807, 2.05) is 30.3 Å². The third kappa shape index (κ3) is 5.11. The molecule has 2 aromatic carbocycles. The van der Waals surface area contributed by atoms with Crippen LogP contribution in [0.1, 0.15) is 43.8 Å². The molecule has 1 saturated carbocycles. The number of hydrogen-bond donors (Lipinski definition) is 1. The number of anilines is 1. The summed E-state index contributed by atoms with van der Waals surface area (Å²) in [5.41, 5.74) is 1.49. The van der Waals surface area contributed by atoms with Crippen LogP contribution in [0.3, 0.4) is 0 Å². The summed E-state index contributed by atoms with van der Waals surface area (Å²) in [4.78, 5) is 22.7. The van der Waals surface area contributed by atoms with E-state index in [1.54, 1.807) is 0 Å². The van der Waals surface area contributed by atoms with Gasteiger partial charge in [0, 0.05) is 29.4 Å². The summed E-state index contributed by atoms with van der Waals surface area (Å²) in [6.45, 7) is 0. The standard InChI is InChI=1S/C22H23N5O3S/c28-20(23-17-11-13-19(14-12-17)27(29)30)15-31-22-25-24-21(16-7-3-1-4-8-16)26(22)18-9-5-2-6-10-18/h2,5-6,9-14,16H,1,3-4,7-8,15H2,(H,23,28). The average Bonchev–Trinajstić information content (AvgIpc) is 3.23. The predicted molar refractivity (Wildman–Crippen MR) is 120 cm³/mol. The number of aromatic nitrogens is 3. The Morgan fingerprint density at radius 2 is 1.77 bits per heavy atom. The van der Waals surface area contributed by atoms with Crippen LogP contribution in [0.4, 0.5) is 11.4 Å². The van der Waals surface area contributed by atoms with Gasteiger partial charge in [-0.05, 0) is 37.1 Å². The molecule has 1 aliphatic carbocycles. The molecular weight excluding hydrogens is 414 g/mol. The fourth-order valence-corrected chi connectivity index (χ4v) is 4.57. The normalized spacial score (nSPS) is 14.3. The third-order valence-electron chi connectivity index (χ3n) is 5.34. The molecule has 0 unspecified atom stereocenters. The zero-order valence-corrected chi connectivity index (χ0v) is 17.8. The SMILES string of the molecule is O=C(CSc1nnc(C2CCCCC2)n1-c1ccccc1)Nc1ccc([N+](=O)[O-])cc1. The smallest absolute Gasteiger partial charge is 0.269 e. The molecule has 0 saturated heterocycles. The topological polar surface area (TPSA) is 103 Å². The summed E-state index contributed by atoms with van der Waals surface area (Å²) in [6.07, 6.45) is 5.88. The highest BCUT2D eigenvalue weighted by molar-refractivity contribution is 7.99. The van der Waals surface area contributed by atoms with Crippen molar-refractivity contribution in [3.63, 3.8) is 0 Å². The summed E-state index contributed by atoms with van der Waals surface area (Å²) in [5.74, 6) is 1.29. The molecule has 160 valence electrons. The van der Waals surface area contributed by atoms with Crippen LogP contribution in [-0.4, -0.2) is 31.3 Å². The van der Waals surface area contributed by atoms with E-state index in [1.165, 1.54) is 55.3 Å². The van der Waals surface area contributed by atoms with Crippen molar-refractivity contribution in [2.24, 2.45) is 0 Å². The van der Waals surface area contributed by atoms with E-state index < -0.39 is 4.92 Å². The first kappa shape index (κ1) is 21.0. The number of thioether (sulfide) groups is 1. The lowest BCUT2D eigenvalue weighted by molar-refractivity contribution is -0.384. The van der Waals surface area contributed by atoms with E-state index in [-0.39, 0.29) is 17.3 Å². The maximum Gasteiger partial charge on any atom is 0.269 e. The van der Waals surface area contributed by atoms with Crippen molar-refractivity contribution in [1.29, 1.82) is 0 Å². The number of benzene rings is 2. The number of hydrogen-bond acceptors (Lipinski definition) is 6. The molecule has 1 N–H and O–H groups in total. The molecule has 31 heavy (non-hydrogen) atoms. The van der Waals surface area contributed by atoms with Crippen molar-refractivity contribution in [3.8, 4) is 5.69 Å². The molecular formula is C22H23N5O3S. The molecule has 0 spiro atoms. The molecule has 0 aliphatic heterocycles. The van der Waals surface area contributed by atoms with Gasteiger partial charge in [-0.2, -0.15) is 0 Å². The predicted octanol–water partition coefficient (Wildman–Crippen LogP) is 4.95. The number of carbonyl (C=O) groups excluding carboxylic acids is 1. The van der Waals surface area contributed by atoms with Crippen LogP contribution in [0, 0.1) is 10.1 Å². The van der Waals surface area contributed by atoms with Crippen LogP contribution < -0.4 is 5.32 Å². The van der Waals surface area contributed by atoms with Crippen LogP contribution in [0.25, 0.3) is 5.69 Å². The molecule has 9 heteroatoms. The molecule has 1 amide bonds. The van der Waals surface area contributed by atoms with Gasteiger partial charge in [0.05, 0.1) is 10.7 Å². The Bertz CT molecular complexity index is 1050. The fraction of sp³-hybridized carbons (Fsp3) is 0.318. The number of nitro benzene ring substituents is 1. The molecule has 0 bridgehead atoms. The molecule has 1 aliphatic rings. The number of nitro groups is 1. The van der Waals surface area contributed by atoms with Gasteiger partial charge in [-0.3, -0.25) is 19.5 Å². The van der Waals surface area contributed by atoms with Crippen molar-refractivity contribution in [3.05, 3.63) is 70.5 Å². The van der Waals surface area contributed by atoms with Crippen molar-refractivity contribution >= 4 is 29.0 Å². The highest BCUT2D eigenvalue weighted by atomic mass is 32.2. The first-order valence-corrected chi connectivity index (χ1v) is 11.3. The van der Waals surface area contributed by atoms with Gasteiger partial charge >= 0.3 is 0 Å². The van der Waals surface area contributed by atoms with Gasteiger partial charge in [-0.25, -0.2) is 0 Å². The van der Waals surface area contributed by atoms with Gasteiger partial charge in [-0.15, -0.1) is 10.2 Å². The molecule has 1 heterocycles. The largest absolute Gasteiger partial charge is 0.325 e. The molecule has 8 nitrogen and oxygen atoms in total. The second-order valence-corrected chi connectivity index (χ2v) is 8.43. The van der Waals surface area contributed by atoms with Crippen LogP contribution in [-0.2, 0) is 4.79 Å². The van der Waals surface area contributed by atoms with E-state index in [0.717, 1.165) is 24.4 Å². The zero-order valence-electron chi connectivity index (χ0n) is 16.9. The lowest BCUT2D eigenvalue weighted by atomic mass is 9.88. The highest BCUT2D eigenvalue weighted by Gasteiger charge is 2.24. The molecule has 3 aromatic rings. The number of non-ortho nitro benzene ring substituents is 1. The first-order valence-electron chi connectivity index (χ1n) is 10.3. The quantitative estimate of drug-likeness (QED) is 0.319. The van der Waals surface area contributed by atoms with Gasteiger partial charge in [0.2, 0.25) is 5.91 Å². The summed E-state index contributed by atoms with van der Waals surface area (Å²) in [6, 6.07) is 15.8. The van der Waals surface area contributed by atoms with Crippen LogP contribution in [0.5, 0.6) is 0 Å². The minimum absolute atomic E-state index is 0.0152. The fourth-order valence-electron chi connectivity index (χ4n) is 3.81. The maximum atomic E-state index is 12.4. The lowest BCUT2D eigenvalue weighted by Gasteiger charge is -2.22. The second kappa shape index (κ2) is 9.74. The minimum atomic E-state index is -0.470. The van der Waals surface area contributed by atoms with Gasteiger partial charge in [0.1, 0.15) is 5.82 Å². The van der Waals surface area contributed by atoms with E-state index in [4.69, 9.17) is 0 Å². The van der Waals surface area contributed by atoms with Crippen LogP contribution in [0.2, 0.25) is 0 Å². The molecule has 0 atom stereocenters. The number of nitrogens with zero attached hydrogens (tertiary/aromatic N) is 4. The summed E-state index contributed by atoms with van der Waals surface area (Å²) >= 11 is 1.33. The summed E-state index contributed by atoms with van der Waals surface area (Å²) in [7, 11) is 0. The maximum absolute atomic E-state index is 12.4. The summed E-state index contributed by atoms with van der Waals surface area (Å²) < 4.78 is 2.07. The lowest BCUT2D eigenvalue weighted by Crippen LogP contribution is -2.15. The molecule has 1 fully saturated rings. The Hall–Kier alpha value is -3.20. The van der Waals surface area contributed by atoms with E-state index in [0.29, 0.717) is 16.8 Å². The molecule has 0 radical (unpaired) electrons. The van der Waals surface area contributed by atoms with Crippen LogP contribution >= 0.6 is 11.8 Å².